The highest BCUT2D eigenvalue weighted by atomic mass is 16.7. The van der Waals surface area contributed by atoms with E-state index in [1.54, 1.807) is 7.11 Å². The molecule has 5 atom stereocenters. The van der Waals surface area contributed by atoms with Crippen LogP contribution >= 0.6 is 0 Å². The van der Waals surface area contributed by atoms with Crippen LogP contribution in [0.4, 0.5) is 0 Å². The average molecular weight is 352 g/mol. The molecule has 1 saturated carbocycles. The lowest BCUT2D eigenvalue weighted by atomic mass is 9.55. The number of hydrogen-bond donors (Lipinski definition) is 0. The maximum atomic E-state index is 12.8. The first-order valence-electron chi connectivity index (χ1n) is 9.40. The van der Waals surface area contributed by atoms with Crippen LogP contribution in [0.1, 0.15) is 51.9 Å². The van der Waals surface area contributed by atoms with Crippen LogP contribution in [0.2, 0.25) is 0 Å². The number of rotatable bonds is 9. The zero-order valence-electron chi connectivity index (χ0n) is 15.7. The molecular weight excluding hydrogens is 320 g/mol. The van der Waals surface area contributed by atoms with Crippen LogP contribution in [-0.2, 0) is 23.8 Å². The topological polar surface area (TPSA) is 61.8 Å². The molecule has 25 heavy (non-hydrogen) atoms. The minimum atomic E-state index is -0.537. The van der Waals surface area contributed by atoms with Crippen molar-refractivity contribution >= 4 is 12.3 Å². The number of carbonyl (C=O) groups is 2. The molecule has 0 N–H and O–H groups in total. The van der Waals surface area contributed by atoms with Crippen molar-refractivity contribution in [2.45, 2.75) is 58.0 Å². The quantitative estimate of drug-likeness (QED) is 0.209. The van der Waals surface area contributed by atoms with E-state index in [-0.39, 0.29) is 36.6 Å². The Bertz CT molecular complexity index is 475. The van der Waals surface area contributed by atoms with Crippen LogP contribution in [0.15, 0.2) is 12.2 Å². The summed E-state index contributed by atoms with van der Waals surface area (Å²) in [6, 6.07) is 0. The first-order valence-corrected chi connectivity index (χ1v) is 9.40. The van der Waals surface area contributed by atoms with Crippen LogP contribution in [0.3, 0.4) is 0 Å². The van der Waals surface area contributed by atoms with Gasteiger partial charge in [0.15, 0.2) is 0 Å². The number of unbranched alkanes of at least 4 members (excludes halogenated alkanes) is 2. The van der Waals surface area contributed by atoms with E-state index in [0.29, 0.717) is 6.42 Å². The van der Waals surface area contributed by atoms with E-state index in [1.165, 1.54) is 7.11 Å². The molecule has 0 unspecified atom stereocenters. The Morgan fingerprint density at radius 3 is 2.72 bits per heavy atom. The molecule has 5 nitrogen and oxygen atoms in total. The highest BCUT2D eigenvalue weighted by molar-refractivity contribution is 5.78. The Balaban J connectivity index is 2.20. The normalized spacial score (nSPS) is 34.4. The molecule has 0 radical (unpaired) electrons. The van der Waals surface area contributed by atoms with Gasteiger partial charge in [-0.1, -0.05) is 25.0 Å². The highest BCUT2D eigenvalue weighted by Gasteiger charge is 2.54. The molecule has 0 spiro atoms. The zero-order valence-corrected chi connectivity index (χ0v) is 15.7. The molecule has 0 bridgehead atoms. The SMILES string of the molecule is COCO[C@H]1CCC[C@@H]2[C@@H]1C=C[C@@H](CCCCC=O)[C@@]2(C)C(=O)OC. The smallest absolute Gasteiger partial charge is 0.312 e. The summed E-state index contributed by atoms with van der Waals surface area (Å²) in [4.78, 5) is 23.3. The van der Waals surface area contributed by atoms with Gasteiger partial charge in [-0.2, -0.15) is 0 Å². The van der Waals surface area contributed by atoms with Crippen LogP contribution in [0.5, 0.6) is 0 Å². The number of fused-ring (bicyclic) bond motifs is 1. The number of aldehydes is 1. The van der Waals surface area contributed by atoms with Crippen molar-refractivity contribution in [3.63, 3.8) is 0 Å². The molecule has 1 fully saturated rings. The second-order valence-electron chi connectivity index (χ2n) is 7.44. The van der Waals surface area contributed by atoms with Gasteiger partial charge in [0.25, 0.3) is 0 Å². The fraction of sp³-hybridized carbons (Fsp3) is 0.800. The summed E-state index contributed by atoms with van der Waals surface area (Å²) < 4.78 is 16.2. The monoisotopic (exact) mass is 352 g/mol. The average Bonchev–Trinajstić information content (AvgIpc) is 2.64. The number of ether oxygens (including phenoxy) is 3. The van der Waals surface area contributed by atoms with Crippen molar-refractivity contribution in [1.29, 1.82) is 0 Å². The molecular formula is C20H32O5. The molecule has 2 rings (SSSR count). The molecule has 0 amide bonds. The lowest BCUT2D eigenvalue weighted by Crippen LogP contribution is -2.52. The second kappa shape index (κ2) is 9.48. The minimum Gasteiger partial charge on any atom is -0.469 e. The van der Waals surface area contributed by atoms with Gasteiger partial charge in [0.05, 0.1) is 18.6 Å². The Morgan fingerprint density at radius 1 is 1.24 bits per heavy atom. The standard InChI is InChI=1S/C20H32O5/c1-20(19(22)24-3)15(8-5-4-6-13-21)11-12-16-17(20)9-7-10-18(16)25-14-23-2/h11-13,15-18H,4-10,14H2,1-3H3/t15-,16+,17-,18+,20-/m1/s1. The molecule has 2 aliphatic rings. The third-order valence-corrected chi connectivity index (χ3v) is 6.12. The maximum absolute atomic E-state index is 12.8. The van der Waals surface area contributed by atoms with E-state index in [1.807, 2.05) is 0 Å². The van der Waals surface area contributed by atoms with Gasteiger partial charge in [0.2, 0.25) is 0 Å². The number of methoxy groups -OCH3 is 2. The van der Waals surface area contributed by atoms with E-state index in [2.05, 4.69) is 19.1 Å². The van der Waals surface area contributed by atoms with E-state index in [4.69, 9.17) is 14.2 Å². The van der Waals surface area contributed by atoms with Gasteiger partial charge in [0, 0.05) is 19.4 Å². The fourth-order valence-electron chi connectivity index (χ4n) is 4.74. The Hall–Kier alpha value is -1.20. The number of carbonyl (C=O) groups excluding carboxylic acids is 2. The third-order valence-electron chi connectivity index (χ3n) is 6.12. The van der Waals surface area contributed by atoms with Gasteiger partial charge in [-0.05, 0) is 44.4 Å². The summed E-state index contributed by atoms with van der Waals surface area (Å²) in [5.74, 6) is 0.463. The van der Waals surface area contributed by atoms with Crippen molar-refractivity contribution in [1.82, 2.24) is 0 Å². The zero-order chi connectivity index (χ0) is 18.3. The van der Waals surface area contributed by atoms with Gasteiger partial charge in [-0.15, -0.1) is 0 Å². The number of hydrogen-bond acceptors (Lipinski definition) is 5. The predicted octanol–water partition coefficient (Wildman–Crippen LogP) is 3.52. The Labute approximate surface area is 151 Å². The summed E-state index contributed by atoms with van der Waals surface area (Å²) in [6.07, 6.45) is 11.9. The van der Waals surface area contributed by atoms with Gasteiger partial charge in [0.1, 0.15) is 13.1 Å². The molecule has 0 aromatic heterocycles. The van der Waals surface area contributed by atoms with E-state index >= 15 is 0 Å². The van der Waals surface area contributed by atoms with E-state index in [9.17, 15) is 9.59 Å². The number of allylic oxidation sites excluding steroid dienone is 1. The second-order valence-corrected chi connectivity index (χ2v) is 7.44. The highest BCUT2D eigenvalue weighted by Crippen LogP contribution is 2.53. The van der Waals surface area contributed by atoms with E-state index < -0.39 is 5.41 Å². The minimum absolute atomic E-state index is 0.0925. The molecule has 5 heteroatoms. The molecule has 0 aromatic carbocycles. The van der Waals surface area contributed by atoms with Gasteiger partial charge in [-0.3, -0.25) is 4.79 Å². The molecule has 0 heterocycles. The molecule has 0 aliphatic heterocycles. The van der Waals surface area contributed by atoms with Crippen molar-refractivity contribution in [2.75, 3.05) is 21.0 Å². The van der Waals surface area contributed by atoms with Crippen molar-refractivity contribution < 1.29 is 23.8 Å². The largest absolute Gasteiger partial charge is 0.469 e. The summed E-state index contributed by atoms with van der Waals surface area (Å²) in [7, 11) is 3.11. The van der Waals surface area contributed by atoms with Crippen LogP contribution < -0.4 is 0 Å². The van der Waals surface area contributed by atoms with Crippen molar-refractivity contribution in [3.05, 3.63) is 12.2 Å². The summed E-state index contributed by atoms with van der Waals surface area (Å²) >= 11 is 0. The van der Waals surface area contributed by atoms with Gasteiger partial charge < -0.3 is 19.0 Å². The molecule has 2 aliphatic carbocycles. The number of esters is 1. The van der Waals surface area contributed by atoms with Gasteiger partial charge >= 0.3 is 5.97 Å². The molecule has 0 saturated heterocycles. The first kappa shape index (κ1) is 20.1. The summed E-state index contributed by atoms with van der Waals surface area (Å²) in [5.41, 5.74) is -0.537. The molecule has 142 valence electrons. The first-order chi connectivity index (χ1) is 12.1. The summed E-state index contributed by atoms with van der Waals surface area (Å²) in [6.45, 7) is 2.34. The van der Waals surface area contributed by atoms with Crippen molar-refractivity contribution in [2.24, 2.45) is 23.2 Å². The predicted molar refractivity (Wildman–Crippen MR) is 94.9 cm³/mol. The van der Waals surface area contributed by atoms with Crippen LogP contribution in [0, 0.1) is 23.2 Å². The lowest BCUT2D eigenvalue weighted by molar-refractivity contribution is -0.168. The van der Waals surface area contributed by atoms with Crippen LogP contribution in [-0.4, -0.2) is 39.4 Å². The lowest BCUT2D eigenvalue weighted by Gasteiger charge is -2.50. The Morgan fingerprint density at radius 2 is 2.04 bits per heavy atom. The molecule has 0 aromatic rings. The summed E-state index contributed by atoms with van der Waals surface area (Å²) in [5, 5.41) is 0. The van der Waals surface area contributed by atoms with Crippen molar-refractivity contribution in [3.8, 4) is 0 Å². The third kappa shape index (κ3) is 4.32. The Kier molecular flexibility index (Phi) is 7.63. The fourth-order valence-corrected chi connectivity index (χ4v) is 4.74. The van der Waals surface area contributed by atoms with E-state index in [0.717, 1.165) is 44.8 Å². The maximum Gasteiger partial charge on any atom is 0.312 e. The van der Waals surface area contributed by atoms with Crippen LogP contribution in [0.25, 0.3) is 0 Å². The van der Waals surface area contributed by atoms with Gasteiger partial charge in [-0.25, -0.2) is 0 Å².